The monoisotopic (exact) mass is 846 g/mol. The number of carbonyl (C=O) groups is 4. The van der Waals surface area contributed by atoms with Crippen LogP contribution >= 0.6 is 31.9 Å². The summed E-state index contributed by atoms with van der Waals surface area (Å²) >= 11 is 6.70. The lowest BCUT2D eigenvalue weighted by molar-refractivity contribution is -0.193. The highest BCUT2D eigenvalue weighted by molar-refractivity contribution is 9.10. The highest BCUT2D eigenvalue weighted by Gasteiger charge is 2.53. The molecule has 1 aliphatic carbocycles. The molecule has 16 nitrogen and oxygen atoms in total. The number of H-pyrrole nitrogens is 4. The van der Waals surface area contributed by atoms with Crippen molar-refractivity contribution < 1.29 is 55.7 Å². The van der Waals surface area contributed by atoms with Crippen LogP contribution in [0.25, 0.3) is 0 Å². The van der Waals surface area contributed by atoms with E-state index in [9.17, 15) is 35.9 Å². The molecule has 1 fully saturated rings. The van der Waals surface area contributed by atoms with Crippen molar-refractivity contribution >= 4 is 67.5 Å². The lowest BCUT2D eigenvalue weighted by Gasteiger charge is -2.51. The maximum atomic E-state index is 12.8. The molecule has 12 N–H and O–H groups in total. The van der Waals surface area contributed by atoms with Gasteiger partial charge in [0.25, 0.3) is 11.8 Å². The zero-order chi connectivity index (χ0) is 37.6. The first kappa shape index (κ1) is 39.4. The predicted molar refractivity (Wildman–Crippen MR) is 167 cm³/mol. The molecule has 0 radical (unpaired) electrons. The molecule has 1 aliphatic rings. The largest absolute Gasteiger partial charge is 0.490 e. The molecule has 272 valence electrons. The van der Waals surface area contributed by atoms with Crippen molar-refractivity contribution in [1.29, 1.82) is 0 Å². The molecule has 0 saturated heterocycles. The van der Waals surface area contributed by atoms with Crippen LogP contribution < -0.4 is 22.1 Å². The fraction of sp³-hybridized carbons (Fsp3) is 0.308. The molecule has 4 aromatic heterocycles. The third-order valence-corrected chi connectivity index (χ3v) is 7.99. The van der Waals surface area contributed by atoms with Gasteiger partial charge in [-0.15, -0.1) is 0 Å². The number of aliphatic carboxylic acids is 2. The summed E-state index contributed by atoms with van der Waals surface area (Å²) in [6, 6.07) is 3.43. The summed E-state index contributed by atoms with van der Waals surface area (Å²) in [4.78, 5) is 63.8. The van der Waals surface area contributed by atoms with Gasteiger partial charge in [-0.3, -0.25) is 9.59 Å². The Kier molecular flexibility index (Phi) is 12.7. The fourth-order valence-corrected chi connectivity index (χ4v) is 5.66. The normalized spacial score (nSPS) is 18.4. The zero-order valence-electron chi connectivity index (χ0n) is 24.8. The van der Waals surface area contributed by atoms with Crippen LogP contribution in [-0.4, -0.2) is 89.3 Å². The smallest absolute Gasteiger partial charge is 0.475 e. The molecule has 50 heavy (non-hydrogen) atoms. The van der Waals surface area contributed by atoms with E-state index in [1.165, 1.54) is 0 Å². The molecule has 4 heterocycles. The van der Waals surface area contributed by atoms with Crippen LogP contribution in [0.1, 0.15) is 44.2 Å². The molecule has 0 aliphatic heterocycles. The number of alkyl halides is 6. The van der Waals surface area contributed by atoms with Gasteiger partial charge in [-0.2, -0.15) is 26.3 Å². The van der Waals surface area contributed by atoms with E-state index in [1.54, 1.807) is 36.9 Å². The second-order valence-electron chi connectivity index (χ2n) is 10.3. The van der Waals surface area contributed by atoms with Gasteiger partial charge >= 0.3 is 24.3 Å². The van der Waals surface area contributed by atoms with Gasteiger partial charge in [0.15, 0.2) is 11.9 Å². The summed E-state index contributed by atoms with van der Waals surface area (Å²) in [7, 11) is 0. The summed E-state index contributed by atoms with van der Waals surface area (Å²) in [5.74, 6) is -5.59. The Bertz CT molecular complexity index is 1670. The number of halogens is 8. The first-order valence-corrected chi connectivity index (χ1v) is 15.2. The molecule has 1 saturated carbocycles. The summed E-state index contributed by atoms with van der Waals surface area (Å²) in [6.45, 7) is 0.738. The molecule has 4 atom stereocenters. The van der Waals surface area contributed by atoms with E-state index in [1.807, 2.05) is 0 Å². The quantitative estimate of drug-likeness (QED) is 0.115. The van der Waals surface area contributed by atoms with Gasteiger partial charge in [0, 0.05) is 57.7 Å². The highest BCUT2D eigenvalue weighted by Crippen LogP contribution is 2.56. The molecule has 24 heteroatoms. The van der Waals surface area contributed by atoms with E-state index in [-0.39, 0.29) is 35.5 Å². The van der Waals surface area contributed by atoms with E-state index in [4.69, 9.17) is 31.3 Å². The Morgan fingerprint density at radius 3 is 1.26 bits per heavy atom. The zero-order valence-corrected chi connectivity index (χ0v) is 28.0. The number of hydrogen-bond donors (Lipinski definition) is 10. The van der Waals surface area contributed by atoms with Gasteiger partial charge in [0.1, 0.15) is 11.4 Å². The van der Waals surface area contributed by atoms with Gasteiger partial charge in [-0.25, -0.2) is 19.6 Å². The van der Waals surface area contributed by atoms with Crippen molar-refractivity contribution in [3.63, 3.8) is 0 Å². The minimum Gasteiger partial charge on any atom is -0.475 e. The molecular weight excluding hydrogens is 822 g/mol. The first-order valence-electron chi connectivity index (χ1n) is 13.6. The second-order valence-corrected chi connectivity index (χ2v) is 12.1. The lowest BCUT2D eigenvalue weighted by Crippen LogP contribution is -2.53. The SMILES string of the molecule is Nc1ncc([C@H]2[C@H](CNC(=O)c3cc(Br)c[nH]3)[C@@H](CNC(=O)c3cc(Br)c[nH]3)[C@@H]2c2cnc(N)[nH]2)[nH]1.O=C(O)C(F)(F)F.O=C(O)C(F)(F)F. The van der Waals surface area contributed by atoms with Crippen LogP contribution in [0, 0.1) is 11.8 Å². The van der Waals surface area contributed by atoms with Crippen molar-refractivity contribution in [1.82, 2.24) is 40.5 Å². The first-order chi connectivity index (χ1) is 23.2. The Labute approximate surface area is 292 Å². The van der Waals surface area contributed by atoms with Crippen molar-refractivity contribution in [3.05, 3.63) is 68.6 Å². The third kappa shape index (κ3) is 10.5. The average Bonchev–Trinajstić information content (AvgIpc) is 3.81. The minimum atomic E-state index is -5.08. The van der Waals surface area contributed by atoms with Crippen LogP contribution in [0.15, 0.2) is 45.9 Å². The number of nitrogens with one attached hydrogen (secondary N) is 6. The number of aromatic amines is 4. The summed E-state index contributed by atoms with van der Waals surface area (Å²) in [5.41, 5.74) is 14.3. The molecule has 4 aromatic rings. The standard InChI is InChI=1S/C22H24Br2N10O2.2C2HF3O2/c23-9-1-13(27-3-9)19(35)29-5-11-12(6-30-20(36)14-2-10(24)4-28-14)18(16-8-32-22(26)34-16)17(11)15-7-31-21(25)33-15;2*3-2(4,5)1(6)7/h1-4,7-8,11-12,17-18,27-28H,5-6H2,(H,29,35)(H,30,36)(H3,25,31,33)(H3,26,32,34);2*(H,6,7)/t11-,12-,17-,18-;;/m1../s1. The molecule has 0 bridgehead atoms. The number of rotatable bonds is 8. The number of anilines is 2. The van der Waals surface area contributed by atoms with E-state index in [2.05, 4.69) is 72.4 Å². The number of aromatic nitrogens is 6. The van der Waals surface area contributed by atoms with Crippen LogP contribution in [0.4, 0.5) is 38.2 Å². The number of nitrogens with zero attached hydrogens (tertiary/aromatic N) is 2. The van der Waals surface area contributed by atoms with E-state index in [0.717, 1.165) is 20.3 Å². The molecule has 2 amide bonds. The Morgan fingerprint density at radius 2 is 1.04 bits per heavy atom. The Balaban J connectivity index is 0.000000408. The van der Waals surface area contributed by atoms with Crippen molar-refractivity contribution in [2.45, 2.75) is 24.2 Å². The predicted octanol–water partition coefficient (Wildman–Crippen LogP) is 3.72. The molecule has 5 rings (SSSR count). The molecule has 0 aromatic carbocycles. The highest BCUT2D eigenvalue weighted by atomic mass is 79.9. The average molecular weight is 848 g/mol. The number of carboxylic acids is 2. The van der Waals surface area contributed by atoms with Crippen LogP contribution in [-0.2, 0) is 9.59 Å². The van der Waals surface area contributed by atoms with Crippen molar-refractivity contribution in [2.75, 3.05) is 24.6 Å². The van der Waals surface area contributed by atoms with Gasteiger partial charge in [-0.1, -0.05) is 0 Å². The van der Waals surface area contributed by atoms with Crippen molar-refractivity contribution in [3.8, 4) is 0 Å². The van der Waals surface area contributed by atoms with Gasteiger partial charge < -0.3 is 52.2 Å². The number of nitrogens with two attached hydrogens (primary N) is 2. The maximum absolute atomic E-state index is 12.8. The second kappa shape index (κ2) is 16.1. The fourth-order valence-electron chi connectivity index (χ4n) is 4.98. The van der Waals surface area contributed by atoms with Gasteiger partial charge in [-0.05, 0) is 55.8 Å². The summed E-state index contributed by atoms with van der Waals surface area (Å²) in [6.07, 6.45) is -3.36. The van der Waals surface area contributed by atoms with Crippen LogP contribution in [0.5, 0.6) is 0 Å². The van der Waals surface area contributed by atoms with Gasteiger partial charge in [0.05, 0.1) is 12.4 Å². The molecular formula is C26H26Br2F6N10O6. The van der Waals surface area contributed by atoms with Crippen LogP contribution in [0.3, 0.4) is 0 Å². The number of hydrogen-bond acceptors (Lipinski definition) is 8. The Hall–Kier alpha value is -5.00. The number of nitrogen functional groups attached to an aromatic ring is 2. The number of imidazole rings is 2. The summed E-state index contributed by atoms with van der Waals surface area (Å²) in [5, 5.41) is 20.3. The lowest BCUT2D eigenvalue weighted by atomic mass is 9.54. The number of carbonyl (C=O) groups excluding carboxylic acids is 2. The van der Waals surface area contributed by atoms with Crippen LogP contribution in [0.2, 0.25) is 0 Å². The molecule has 0 unspecified atom stereocenters. The van der Waals surface area contributed by atoms with Crippen molar-refractivity contribution in [2.24, 2.45) is 11.8 Å². The van der Waals surface area contributed by atoms with E-state index >= 15 is 0 Å². The number of amides is 2. The number of carboxylic acid groups (broad SMARTS) is 2. The minimum absolute atomic E-state index is 0.0441. The topological polar surface area (TPSA) is 274 Å². The molecule has 0 spiro atoms. The van der Waals surface area contributed by atoms with E-state index in [0.29, 0.717) is 36.4 Å². The maximum Gasteiger partial charge on any atom is 0.490 e. The Morgan fingerprint density at radius 1 is 0.720 bits per heavy atom. The summed E-state index contributed by atoms with van der Waals surface area (Å²) < 4.78 is 65.0. The van der Waals surface area contributed by atoms with Gasteiger partial charge in [0.2, 0.25) is 0 Å². The van der Waals surface area contributed by atoms with E-state index < -0.39 is 24.3 Å². The third-order valence-electron chi connectivity index (χ3n) is 7.07.